The van der Waals surface area contributed by atoms with Gasteiger partial charge in [0, 0.05) is 6.42 Å². The molecule has 2 saturated carbocycles. The summed E-state index contributed by atoms with van der Waals surface area (Å²) in [5.41, 5.74) is 1.32. The maximum absolute atomic E-state index is 13.0. The predicted octanol–water partition coefficient (Wildman–Crippen LogP) is 5.89. The summed E-state index contributed by atoms with van der Waals surface area (Å²) in [5.74, 6) is 3.12. The van der Waals surface area contributed by atoms with Crippen molar-refractivity contribution in [3.05, 3.63) is 35.6 Å². The van der Waals surface area contributed by atoms with E-state index < -0.39 is 0 Å². The largest absolute Gasteiger partial charge is 0.303 e. The van der Waals surface area contributed by atoms with Crippen LogP contribution in [0.2, 0.25) is 0 Å². The smallest absolute Gasteiger partial charge is 0.123 e. The van der Waals surface area contributed by atoms with E-state index in [9.17, 15) is 9.18 Å². The van der Waals surface area contributed by atoms with Gasteiger partial charge in [-0.25, -0.2) is 4.39 Å². The predicted molar refractivity (Wildman–Crippen MR) is 91.8 cm³/mol. The van der Waals surface area contributed by atoms with E-state index in [2.05, 4.69) is 0 Å². The number of rotatable bonds is 5. The summed E-state index contributed by atoms with van der Waals surface area (Å²) < 4.78 is 13.0. The lowest BCUT2D eigenvalue weighted by molar-refractivity contribution is -0.108. The third kappa shape index (κ3) is 4.43. The molecule has 0 bridgehead atoms. The van der Waals surface area contributed by atoms with Crippen LogP contribution >= 0.6 is 0 Å². The molecule has 2 aliphatic carbocycles. The molecule has 2 heteroatoms. The summed E-state index contributed by atoms with van der Waals surface area (Å²) in [6, 6.07) is 7.14. The topological polar surface area (TPSA) is 17.1 Å². The van der Waals surface area contributed by atoms with Crippen molar-refractivity contribution in [2.75, 3.05) is 0 Å². The number of carbonyl (C=O) groups excluding carboxylic acids is 1. The zero-order valence-electron chi connectivity index (χ0n) is 14.1. The van der Waals surface area contributed by atoms with E-state index in [-0.39, 0.29) is 5.82 Å². The lowest BCUT2D eigenvalue weighted by Gasteiger charge is -2.38. The van der Waals surface area contributed by atoms with Crippen LogP contribution < -0.4 is 0 Å². The fourth-order valence-corrected chi connectivity index (χ4v) is 4.91. The highest BCUT2D eigenvalue weighted by Crippen LogP contribution is 2.44. The summed E-state index contributed by atoms with van der Waals surface area (Å²) in [6.45, 7) is 0. The molecule has 23 heavy (non-hydrogen) atoms. The van der Waals surface area contributed by atoms with Gasteiger partial charge in [-0.2, -0.15) is 0 Å². The Hall–Kier alpha value is -1.18. The van der Waals surface area contributed by atoms with Crippen LogP contribution in [-0.4, -0.2) is 6.29 Å². The van der Waals surface area contributed by atoms with Crippen molar-refractivity contribution in [2.24, 2.45) is 17.8 Å². The van der Waals surface area contributed by atoms with Gasteiger partial charge in [0.2, 0.25) is 0 Å². The number of hydrogen-bond donors (Lipinski definition) is 0. The molecule has 0 aromatic heterocycles. The first-order valence-electron chi connectivity index (χ1n) is 9.45. The second-order valence-electron chi connectivity index (χ2n) is 7.69. The van der Waals surface area contributed by atoms with Gasteiger partial charge >= 0.3 is 0 Å². The molecule has 0 amide bonds. The van der Waals surface area contributed by atoms with Crippen molar-refractivity contribution in [1.82, 2.24) is 0 Å². The summed E-state index contributed by atoms with van der Waals surface area (Å²) >= 11 is 0. The van der Waals surface area contributed by atoms with Crippen LogP contribution in [0.25, 0.3) is 0 Å². The molecule has 0 aliphatic heterocycles. The zero-order valence-corrected chi connectivity index (χ0v) is 14.1. The Morgan fingerprint density at radius 2 is 1.43 bits per heavy atom. The molecule has 0 atom stereocenters. The summed E-state index contributed by atoms with van der Waals surface area (Å²) in [6.07, 6.45) is 13.5. The van der Waals surface area contributed by atoms with E-state index in [0.717, 1.165) is 36.9 Å². The van der Waals surface area contributed by atoms with E-state index in [1.165, 1.54) is 56.9 Å². The third-order valence-corrected chi connectivity index (χ3v) is 6.36. The van der Waals surface area contributed by atoms with Crippen LogP contribution in [0.5, 0.6) is 0 Å². The first-order chi connectivity index (χ1) is 11.3. The molecule has 126 valence electrons. The highest BCUT2D eigenvalue weighted by molar-refractivity contribution is 5.49. The molecule has 1 nitrogen and oxygen atoms in total. The molecule has 2 fully saturated rings. The van der Waals surface area contributed by atoms with E-state index >= 15 is 0 Å². The molecule has 0 N–H and O–H groups in total. The van der Waals surface area contributed by atoms with Crippen LogP contribution in [-0.2, 0) is 4.79 Å². The minimum Gasteiger partial charge on any atom is -0.303 e. The minimum absolute atomic E-state index is 0.131. The summed E-state index contributed by atoms with van der Waals surface area (Å²) in [4.78, 5) is 10.5. The van der Waals surface area contributed by atoms with Crippen LogP contribution in [0.1, 0.15) is 75.7 Å². The molecule has 0 heterocycles. The van der Waals surface area contributed by atoms with Crippen LogP contribution in [0.15, 0.2) is 24.3 Å². The van der Waals surface area contributed by atoms with E-state index in [1.54, 1.807) is 12.1 Å². The van der Waals surface area contributed by atoms with Crippen molar-refractivity contribution in [2.45, 2.75) is 70.1 Å². The Bertz CT molecular complexity index is 479. The molecular weight excluding hydrogens is 287 g/mol. The monoisotopic (exact) mass is 316 g/mol. The Labute approximate surface area is 139 Å². The molecule has 0 spiro atoms. The van der Waals surface area contributed by atoms with Gasteiger partial charge in [0.1, 0.15) is 12.1 Å². The average molecular weight is 316 g/mol. The van der Waals surface area contributed by atoms with Crippen molar-refractivity contribution in [3.8, 4) is 0 Å². The number of carbonyl (C=O) groups is 1. The number of benzene rings is 1. The van der Waals surface area contributed by atoms with E-state index in [1.807, 2.05) is 12.1 Å². The molecular formula is C21H29FO. The Morgan fingerprint density at radius 1 is 0.870 bits per heavy atom. The van der Waals surface area contributed by atoms with Gasteiger partial charge in [-0.1, -0.05) is 25.0 Å². The highest BCUT2D eigenvalue weighted by atomic mass is 19.1. The molecule has 0 saturated heterocycles. The van der Waals surface area contributed by atoms with Crippen LogP contribution in [0.4, 0.5) is 4.39 Å². The standard InChI is InChI=1S/C21H29FO/c22-21-13-11-20(12-14-21)19-9-7-18(8-10-19)17-5-3-16(4-6-17)2-1-15-23/h11-19H,1-10H2/t16?,17?,18-,19-. The second kappa shape index (κ2) is 8.08. The Morgan fingerprint density at radius 3 is 2.00 bits per heavy atom. The zero-order chi connectivity index (χ0) is 16.1. The fraction of sp³-hybridized carbons (Fsp3) is 0.667. The van der Waals surface area contributed by atoms with Crippen molar-refractivity contribution in [1.29, 1.82) is 0 Å². The van der Waals surface area contributed by atoms with E-state index in [0.29, 0.717) is 5.92 Å². The molecule has 2 aliphatic rings. The summed E-state index contributed by atoms with van der Waals surface area (Å²) in [5, 5.41) is 0. The fourth-order valence-electron chi connectivity index (χ4n) is 4.91. The molecule has 1 aromatic rings. The number of halogens is 1. The van der Waals surface area contributed by atoms with Crippen molar-refractivity contribution >= 4 is 6.29 Å². The Kier molecular flexibility index (Phi) is 5.85. The lowest BCUT2D eigenvalue weighted by atomic mass is 9.68. The first-order valence-corrected chi connectivity index (χ1v) is 9.45. The quantitative estimate of drug-likeness (QED) is 0.619. The summed E-state index contributed by atoms with van der Waals surface area (Å²) in [7, 11) is 0. The van der Waals surface area contributed by atoms with Gasteiger partial charge in [-0.05, 0) is 86.3 Å². The average Bonchev–Trinajstić information content (AvgIpc) is 2.61. The number of aldehydes is 1. The Balaban J connectivity index is 1.44. The SMILES string of the molecule is O=CCCC1CCC([C@H]2CC[C@H](c3ccc(F)cc3)CC2)CC1. The van der Waals surface area contributed by atoms with E-state index in [4.69, 9.17) is 0 Å². The lowest BCUT2D eigenvalue weighted by Crippen LogP contribution is -2.25. The molecule has 1 aromatic carbocycles. The molecule has 0 radical (unpaired) electrons. The van der Waals surface area contributed by atoms with Crippen LogP contribution in [0, 0.1) is 23.6 Å². The van der Waals surface area contributed by atoms with Crippen LogP contribution in [0.3, 0.4) is 0 Å². The highest BCUT2D eigenvalue weighted by Gasteiger charge is 2.31. The van der Waals surface area contributed by atoms with Gasteiger partial charge in [-0.3, -0.25) is 0 Å². The van der Waals surface area contributed by atoms with Crippen molar-refractivity contribution < 1.29 is 9.18 Å². The maximum atomic E-state index is 13.0. The van der Waals surface area contributed by atoms with Gasteiger partial charge < -0.3 is 4.79 Å². The molecule has 3 rings (SSSR count). The number of hydrogen-bond acceptors (Lipinski definition) is 1. The second-order valence-corrected chi connectivity index (χ2v) is 7.69. The first kappa shape index (κ1) is 16.7. The van der Waals surface area contributed by atoms with Gasteiger partial charge in [0.25, 0.3) is 0 Å². The van der Waals surface area contributed by atoms with Crippen molar-refractivity contribution in [3.63, 3.8) is 0 Å². The minimum atomic E-state index is -0.131. The maximum Gasteiger partial charge on any atom is 0.123 e. The third-order valence-electron chi connectivity index (χ3n) is 6.36. The van der Waals surface area contributed by atoms with Gasteiger partial charge in [-0.15, -0.1) is 0 Å². The van der Waals surface area contributed by atoms with Gasteiger partial charge in [0.15, 0.2) is 0 Å². The normalized spacial score (nSPS) is 31.7. The van der Waals surface area contributed by atoms with Gasteiger partial charge in [0.05, 0.1) is 0 Å². The molecule has 0 unspecified atom stereocenters.